The SMILES string of the molecule is CCOc1cc(/C=C2/SC(=O)N(CC(=O)Nc3ccc(C)c(Cl)c3)C2=O)ccc1OC. The summed E-state index contributed by atoms with van der Waals surface area (Å²) in [5, 5.41) is 2.65. The van der Waals surface area contributed by atoms with E-state index in [1.807, 2.05) is 13.8 Å². The number of carbonyl (C=O) groups is 3. The topological polar surface area (TPSA) is 84.9 Å². The molecule has 1 saturated heterocycles. The highest BCUT2D eigenvalue weighted by Gasteiger charge is 2.36. The van der Waals surface area contributed by atoms with Gasteiger partial charge in [0.1, 0.15) is 6.54 Å². The minimum Gasteiger partial charge on any atom is -0.493 e. The lowest BCUT2D eigenvalue weighted by Gasteiger charge is -2.13. The molecular weight excluding hydrogens is 440 g/mol. The second kappa shape index (κ2) is 9.89. The van der Waals surface area contributed by atoms with E-state index in [2.05, 4.69) is 5.32 Å². The molecule has 1 fully saturated rings. The summed E-state index contributed by atoms with van der Waals surface area (Å²) >= 11 is 6.85. The summed E-state index contributed by atoms with van der Waals surface area (Å²) in [7, 11) is 1.54. The second-order valence-corrected chi connectivity index (χ2v) is 8.02. The maximum absolute atomic E-state index is 12.7. The summed E-state index contributed by atoms with van der Waals surface area (Å²) < 4.78 is 10.8. The molecule has 7 nitrogen and oxygen atoms in total. The summed E-state index contributed by atoms with van der Waals surface area (Å²) in [6.07, 6.45) is 1.59. The van der Waals surface area contributed by atoms with E-state index in [1.54, 1.807) is 49.6 Å². The van der Waals surface area contributed by atoms with Crippen LogP contribution in [0.3, 0.4) is 0 Å². The third-order valence-corrected chi connectivity index (χ3v) is 5.73. The molecule has 1 heterocycles. The molecule has 2 aromatic rings. The predicted octanol–water partition coefficient (Wildman–Crippen LogP) is 4.73. The molecule has 0 bridgehead atoms. The van der Waals surface area contributed by atoms with Gasteiger partial charge in [-0.2, -0.15) is 0 Å². The van der Waals surface area contributed by atoms with E-state index in [-0.39, 0.29) is 11.4 Å². The van der Waals surface area contributed by atoms with Crippen LogP contribution in [0.1, 0.15) is 18.1 Å². The lowest BCUT2D eigenvalue weighted by molar-refractivity contribution is -0.127. The first-order chi connectivity index (χ1) is 14.8. The van der Waals surface area contributed by atoms with Crippen molar-refractivity contribution in [1.82, 2.24) is 4.90 Å². The molecular formula is C22H21ClN2O5S. The van der Waals surface area contributed by atoms with Crippen molar-refractivity contribution in [3.05, 3.63) is 57.5 Å². The van der Waals surface area contributed by atoms with E-state index >= 15 is 0 Å². The second-order valence-electron chi connectivity index (χ2n) is 6.62. The van der Waals surface area contributed by atoms with Gasteiger partial charge in [0.2, 0.25) is 5.91 Å². The molecule has 0 unspecified atom stereocenters. The summed E-state index contributed by atoms with van der Waals surface area (Å²) in [5.41, 5.74) is 2.04. The van der Waals surface area contributed by atoms with Crippen LogP contribution >= 0.6 is 23.4 Å². The van der Waals surface area contributed by atoms with E-state index in [4.69, 9.17) is 21.1 Å². The number of anilines is 1. The Morgan fingerprint density at radius 3 is 2.65 bits per heavy atom. The van der Waals surface area contributed by atoms with Gasteiger partial charge in [0.25, 0.3) is 11.1 Å². The molecule has 1 N–H and O–H groups in total. The fraction of sp³-hybridized carbons (Fsp3) is 0.227. The fourth-order valence-corrected chi connectivity index (χ4v) is 3.87. The van der Waals surface area contributed by atoms with Crippen molar-refractivity contribution < 1.29 is 23.9 Å². The van der Waals surface area contributed by atoms with Crippen molar-refractivity contribution in [3.8, 4) is 11.5 Å². The summed E-state index contributed by atoms with van der Waals surface area (Å²) in [4.78, 5) is 38.5. The van der Waals surface area contributed by atoms with Gasteiger partial charge in [-0.1, -0.05) is 23.7 Å². The number of imide groups is 1. The number of hydrogen-bond donors (Lipinski definition) is 1. The van der Waals surface area contributed by atoms with Crippen molar-refractivity contribution in [3.63, 3.8) is 0 Å². The standard InChI is InChI=1S/C22H21ClN2O5S/c1-4-30-18-9-14(6-8-17(18)29-3)10-19-21(27)25(22(28)31-19)12-20(26)24-15-7-5-13(2)16(23)11-15/h5-11H,4,12H2,1-3H3,(H,24,26)/b19-10+. The number of carbonyl (C=O) groups excluding carboxylic acids is 3. The van der Waals surface area contributed by atoms with Crippen LogP contribution in [0.5, 0.6) is 11.5 Å². The van der Waals surface area contributed by atoms with Crippen LogP contribution in [0, 0.1) is 6.92 Å². The van der Waals surface area contributed by atoms with Crippen molar-refractivity contribution >= 4 is 52.2 Å². The molecule has 31 heavy (non-hydrogen) atoms. The van der Waals surface area contributed by atoms with Crippen molar-refractivity contribution in [2.45, 2.75) is 13.8 Å². The van der Waals surface area contributed by atoms with Gasteiger partial charge < -0.3 is 14.8 Å². The molecule has 0 radical (unpaired) electrons. The Labute approximate surface area is 189 Å². The molecule has 1 aliphatic rings. The van der Waals surface area contributed by atoms with Gasteiger partial charge in [-0.25, -0.2) is 0 Å². The van der Waals surface area contributed by atoms with E-state index < -0.39 is 17.1 Å². The van der Waals surface area contributed by atoms with Gasteiger partial charge in [0.05, 0.1) is 18.6 Å². The van der Waals surface area contributed by atoms with Gasteiger partial charge in [0.15, 0.2) is 11.5 Å². The highest BCUT2D eigenvalue weighted by Crippen LogP contribution is 2.34. The lowest BCUT2D eigenvalue weighted by Crippen LogP contribution is -2.36. The van der Waals surface area contributed by atoms with Crippen LogP contribution in [0.2, 0.25) is 5.02 Å². The van der Waals surface area contributed by atoms with Gasteiger partial charge in [0, 0.05) is 10.7 Å². The minimum atomic E-state index is -0.527. The van der Waals surface area contributed by atoms with Crippen LogP contribution in [0.4, 0.5) is 10.5 Å². The highest BCUT2D eigenvalue weighted by molar-refractivity contribution is 8.18. The van der Waals surface area contributed by atoms with Gasteiger partial charge in [-0.15, -0.1) is 0 Å². The Hall–Kier alpha value is -2.97. The zero-order chi connectivity index (χ0) is 22.5. The largest absolute Gasteiger partial charge is 0.493 e. The molecule has 3 rings (SSSR count). The van der Waals surface area contributed by atoms with Crippen LogP contribution in [-0.4, -0.2) is 42.2 Å². The maximum Gasteiger partial charge on any atom is 0.294 e. The van der Waals surface area contributed by atoms with Crippen LogP contribution in [0.15, 0.2) is 41.3 Å². The quantitative estimate of drug-likeness (QED) is 0.601. The zero-order valence-electron chi connectivity index (χ0n) is 17.2. The molecule has 0 aromatic heterocycles. The number of methoxy groups -OCH3 is 1. The number of thioether (sulfide) groups is 1. The average molecular weight is 461 g/mol. The average Bonchev–Trinajstić information content (AvgIpc) is 2.98. The Bertz CT molecular complexity index is 1070. The summed E-state index contributed by atoms with van der Waals surface area (Å²) in [5.74, 6) is 0.0847. The zero-order valence-corrected chi connectivity index (χ0v) is 18.8. The number of aryl methyl sites for hydroxylation is 1. The number of rotatable bonds is 7. The summed E-state index contributed by atoms with van der Waals surface area (Å²) in [6.45, 7) is 3.77. The maximum atomic E-state index is 12.7. The molecule has 0 spiro atoms. The van der Waals surface area contributed by atoms with Crippen LogP contribution in [-0.2, 0) is 9.59 Å². The third-order valence-electron chi connectivity index (χ3n) is 4.42. The number of nitrogens with zero attached hydrogens (tertiary/aromatic N) is 1. The van der Waals surface area contributed by atoms with Crippen molar-refractivity contribution in [1.29, 1.82) is 0 Å². The van der Waals surface area contributed by atoms with Crippen LogP contribution < -0.4 is 14.8 Å². The van der Waals surface area contributed by atoms with Crippen LogP contribution in [0.25, 0.3) is 6.08 Å². The Kier molecular flexibility index (Phi) is 7.25. The number of nitrogens with one attached hydrogen (secondary N) is 1. The first kappa shape index (κ1) is 22.7. The number of benzene rings is 2. The molecule has 0 aliphatic carbocycles. The Morgan fingerprint density at radius 2 is 1.97 bits per heavy atom. The number of amides is 3. The monoisotopic (exact) mass is 460 g/mol. The molecule has 1 aliphatic heterocycles. The fourth-order valence-electron chi connectivity index (χ4n) is 2.85. The van der Waals surface area contributed by atoms with Gasteiger partial charge >= 0.3 is 0 Å². The van der Waals surface area contributed by atoms with Crippen molar-refractivity contribution in [2.24, 2.45) is 0 Å². The highest BCUT2D eigenvalue weighted by atomic mass is 35.5. The van der Waals surface area contributed by atoms with E-state index in [0.717, 1.165) is 22.2 Å². The Balaban J connectivity index is 1.72. The Morgan fingerprint density at radius 1 is 1.19 bits per heavy atom. The first-order valence-corrected chi connectivity index (χ1v) is 10.6. The molecule has 162 valence electrons. The number of ether oxygens (including phenoxy) is 2. The number of hydrogen-bond acceptors (Lipinski definition) is 6. The summed E-state index contributed by atoms with van der Waals surface area (Å²) in [6, 6.07) is 10.3. The van der Waals surface area contributed by atoms with Gasteiger partial charge in [-0.05, 0) is 67.1 Å². The molecule has 0 atom stereocenters. The van der Waals surface area contributed by atoms with Gasteiger partial charge in [-0.3, -0.25) is 19.3 Å². The normalized spacial score (nSPS) is 14.8. The van der Waals surface area contributed by atoms with Crippen molar-refractivity contribution in [2.75, 3.05) is 25.6 Å². The minimum absolute atomic E-state index is 0.226. The smallest absolute Gasteiger partial charge is 0.294 e. The number of halogens is 1. The predicted molar refractivity (Wildman–Crippen MR) is 122 cm³/mol. The van der Waals surface area contributed by atoms with E-state index in [1.165, 1.54) is 0 Å². The molecule has 0 saturated carbocycles. The third kappa shape index (κ3) is 5.39. The molecule has 2 aromatic carbocycles. The van der Waals surface area contributed by atoms with E-state index in [9.17, 15) is 14.4 Å². The molecule has 9 heteroatoms. The first-order valence-electron chi connectivity index (χ1n) is 9.44. The lowest BCUT2D eigenvalue weighted by atomic mass is 10.2. The molecule has 3 amide bonds. The van der Waals surface area contributed by atoms with E-state index in [0.29, 0.717) is 34.4 Å².